The minimum absolute atomic E-state index is 0.296. The van der Waals surface area contributed by atoms with Crippen LogP contribution in [-0.4, -0.2) is 11.5 Å². The second-order valence-electron chi connectivity index (χ2n) is 4.61. The molecule has 0 atom stereocenters. The van der Waals surface area contributed by atoms with Crippen LogP contribution in [0, 0.1) is 6.92 Å². The molecule has 0 saturated carbocycles. The fourth-order valence-corrected chi connectivity index (χ4v) is 2.25. The smallest absolute Gasteiger partial charge is 0.406 e. The molecule has 0 saturated heterocycles. The maximum atomic E-state index is 12.1. The van der Waals surface area contributed by atoms with Gasteiger partial charge in [-0.25, -0.2) is 0 Å². The number of anilines is 2. The summed E-state index contributed by atoms with van der Waals surface area (Å²) in [6.07, 6.45) is -4.71. The van der Waals surface area contributed by atoms with Crippen LogP contribution in [0.2, 0.25) is 5.02 Å². The van der Waals surface area contributed by atoms with Crippen molar-refractivity contribution in [1.82, 2.24) is 0 Å². The molecular weight excluding hydrogens is 349 g/mol. The number of hydrogen-bond donors (Lipinski definition) is 2. The Labute approximate surface area is 141 Å². The third kappa shape index (κ3) is 5.61. The Morgan fingerprint density at radius 1 is 1.09 bits per heavy atom. The van der Waals surface area contributed by atoms with Crippen molar-refractivity contribution in [3.63, 3.8) is 0 Å². The molecule has 2 N–H and O–H groups in total. The molecule has 0 amide bonds. The molecule has 3 nitrogen and oxygen atoms in total. The summed E-state index contributed by atoms with van der Waals surface area (Å²) in [5.41, 5.74) is 2.23. The summed E-state index contributed by atoms with van der Waals surface area (Å²) in [7, 11) is 0. The lowest BCUT2D eigenvalue weighted by atomic mass is 10.2. The highest BCUT2D eigenvalue weighted by Gasteiger charge is 2.30. The number of rotatable bonds is 3. The van der Waals surface area contributed by atoms with Crippen LogP contribution in [0.4, 0.5) is 24.5 Å². The molecule has 0 bridgehead atoms. The first kappa shape index (κ1) is 17.4. The summed E-state index contributed by atoms with van der Waals surface area (Å²) < 4.78 is 40.0. The number of ether oxygens (including phenoxy) is 1. The summed E-state index contributed by atoms with van der Waals surface area (Å²) in [4.78, 5) is 0. The first-order valence-electron chi connectivity index (χ1n) is 6.43. The number of halogens is 4. The normalized spacial score (nSPS) is 11.0. The van der Waals surface area contributed by atoms with Gasteiger partial charge in [0.1, 0.15) is 5.75 Å². The quantitative estimate of drug-likeness (QED) is 0.722. The summed E-state index contributed by atoms with van der Waals surface area (Å²) >= 11 is 11.0. The number of hydrogen-bond acceptors (Lipinski definition) is 2. The summed E-state index contributed by atoms with van der Waals surface area (Å²) in [5, 5.41) is 6.79. The second-order valence-corrected chi connectivity index (χ2v) is 5.46. The molecule has 0 aliphatic heterocycles. The van der Waals surface area contributed by atoms with E-state index in [1.54, 1.807) is 18.2 Å². The minimum Gasteiger partial charge on any atom is -0.406 e. The topological polar surface area (TPSA) is 33.3 Å². The van der Waals surface area contributed by atoms with Crippen molar-refractivity contribution in [2.45, 2.75) is 13.3 Å². The van der Waals surface area contributed by atoms with Crippen LogP contribution in [0.5, 0.6) is 5.75 Å². The van der Waals surface area contributed by atoms with Gasteiger partial charge in [-0.3, -0.25) is 0 Å². The lowest BCUT2D eigenvalue weighted by Gasteiger charge is -2.13. The molecule has 0 spiro atoms. The Bertz CT molecular complexity index is 705. The van der Waals surface area contributed by atoms with Crippen LogP contribution in [0.15, 0.2) is 42.5 Å². The van der Waals surface area contributed by atoms with Crippen LogP contribution in [-0.2, 0) is 0 Å². The van der Waals surface area contributed by atoms with Crippen LogP contribution in [0.3, 0.4) is 0 Å². The van der Waals surface area contributed by atoms with Gasteiger partial charge >= 0.3 is 6.36 Å². The zero-order valence-corrected chi connectivity index (χ0v) is 13.4. The van der Waals surface area contributed by atoms with E-state index in [2.05, 4.69) is 15.4 Å². The van der Waals surface area contributed by atoms with Gasteiger partial charge in [-0.1, -0.05) is 11.6 Å². The highest BCUT2D eigenvalue weighted by Crippen LogP contribution is 2.24. The van der Waals surface area contributed by atoms with Gasteiger partial charge < -0.3 is 15.4 Å². The average Bonchev–Trinajstić information content (AvgIpc) is 2.42. The highest BCUT2D eigenvalue weighted by molar-refractivity contribution is 7.80. The van der Waals surface area contributed by atoms with E-state index in [0.29, 0.717) is 15.8 Å². The van der Waals surface area contributed by atoms with E-state index in [1.807, 2.05) is 6.92 Å². The number of nitrogens with one attached hydrogen (secondary N) is 2. The van der Waals surface area contributed by atoms with Gasteiger partial charge in [-0.2, -0.15) is 0 Å². The zero-order chi connectivity index (χ0) is 17.0. The van der Waals surface area contributed by atoms with Gasteiger partial charge in [-0.15, -0.1) is 13.2 Å². The van der Waals surface area contributed by atoms with Crippen LogP contribution < -0.4 is 15.4 Å². The Kier molecular flexibility index (Phi) is 5.33. The van der Waals surface area contributed by atoms with E-state index in [1.165, 1.54) is 24.3 Å². The number of alkyl halides is 3. The molecule has 2 rings (SSSR count). The minimum atomic E-state index is -4.71. The first-order valence-corrected chi connectivity index (χ1v) is 7.21. The summed E-state index contributed by atoms with van der Waals surface area (Å²) in [6, 6.07) is 10.6. The van der Waals surface area contributed by atoms with E-state index in [4.69, 9.17) is 23.8 Å². The summed E-state index contributed by atoms with van der Waals surface area (Å²) in [6.45, 7) is 1.88. The van der Waals surface area contributed by atoms with Gasteiger partial charge in [-0.05, 0) is 67.2 Å². The predicted octanol–water partition coefficient (Wildman–Crippen LogP) is 5.36. The lowest BCUT2D eigenvalue weighted by molar-refractivity contribution is -0.274. The summed E-state index contributed by atoms with van der Waals surface area (Å²) in [5.74, 6) is -0.296. The molecule has 2 aromatic carbocycles. The van der Waals surface area contributed by atoms with E-state index >= 15 is 0 Å². The van der Waals surface area contributed by atoms with Crippen molar-refractivity contribution in [3.8, 4) is 5.75 Å². The van der Waals surface area contributed by atoms with Crippen molar-refractivity contribution >= 4 is 40.3 Å². The monoisotopic (exact) mass is 360 g/mol. The molecule has 0 fully saturated rings. The fraction of sp³-hybridized carbons (Fsp3) is 0.133. The van der Waals surface area contributed by atoms with Gasteiger partial charge in [0.25, 0.3) is 0 Å². The predicted molar refractivity (Wildman–Crippen MR) is 89.2 cm³/mol. The third-order valence-corrected chi connectivity index (χ3v) is 3.22. The number of aryl methyl sites for hydroxylation is 1. The molecule has 0 heterocycles. The molecule has 8 heteroatoms. The van der Waals surface area contributed by atoms with Crippen molar-refractivity contribution < 1.29 is 17.9 Å². The molecule has 122 valence electrons. The SMILES string of the molecule is Cc1cc(Cl)ccc1NC(=S)Nc1ccc(OC(F)(F)F)cc1. The van der Waals surface area contributed by atoms with Crippen molar-refractivity contribution in [2.75, 3.05) is 10.6 Å². The molecular formula is C15H12ClF3N2OS. The first-order chi connectivity index (χ1) is 10.7. The Hall–Kier alpha value is -1.99. The highest BCUT2D eigenvalue weighted by atomic mass is 35.5. The molecule has 2 aromatic rings. The average molecular weight is 361 g/mol. The van der Waals surface area contributed by atoms with Crippen molar-refractivity contribution in [3.05, 3.63) is 53.1 Å². The van der Waals surface area contributed by atoms with Crippen LogP contribution in [0.25, 0.3) is 0 Å². The van der Waals surface area contributed by atoms with Crippen LogP contribution in [0.1, 0.15) is 5.56 Å². The van der Waals surface area contributed by atoms with Crippen LogP contribution >= 0.6 is 23.8 Å². The molecule has 0 aliphatic rings. The number of thiocarbonyl (C=S) groups is 1. The Morgan fingerprint density at radius 3 is 2.30 bits per heavy atom. The largest absolute Gasteiger partial charge is 0.573 e. The van der Waals surface area contributed by atoms with Gasteiger partial charge in [0.2, 0.25) is 0 Å². The Morgan fingerprint density at radius 2 is 1.74 bits per heavy atom. The second kappa shape index (κ2) is 7.06. The van der Waals surface area contributed by atoms with Crippen molar-refractivity contribution in [2.24, 2.45) is 0 Å². The van der Waals surface area contributed by atoms with Crippen molar-refractivity contribution in [1.29, 1.82) is 0 Å². The molecule has 0 aliphatic carbocycles. The molecule has 23 heavy (non-hydrogen) atoms. The van der Waals surface area contributed by atoms with Gasteiger partial charge in [0, 0.05) is 16.4 Å². The van der Waals surface area contributed by atoms with E-state index in [0.717, 1.165) is 11.3 Å². The lowest BCUT2D eigenvalue weighted by Crippen LogP contribution is -2.20. The van der Waals surface area contributed by atoms with Gasteiger partial charge in [0.15, 0.2) is 5.11 Å². The Balaban J connectivity index is 1.97. The number of benzene rings is 2. The maximum absolute atomic E-state index is 12.1. The standard InChI is InChI=1S/C15H12ClF3N2OS/c1-9-8-10(16)2-7-13(9)21-14(23)20-11-3-5-12(6-4-11)22-15(17,18)19/h2-8H,1H3,(H2,20,21,23). The molecule has 0 radical (unpaired) electrons. The maximum Gasteiger partial charge on any atom is 0.573 e. The molecule has 0 unspecified atom stereocenters. The van der Waals surface area contributed by atoms with E-state index < -0.39 is 6.36 Å². The van der Waals surface area contributed by atoms with E-state index in [9.17, 15) is 13.2 Å². The third-order valence-electron chi connectivity index (χ3n) is 2.78. The van der Waals surface area contributed by atoms with Gasteiger partial charge in [0.05, 0.1) is 0 Å². The molecule has 0 aromatic heterocycles. The fourth-order valence-electron chi connectivity index (χ4n) is 1.79. The van der Waals surface area contributed by atoms with E-state index in [-0.39, 0.29) is 5.75 Å². The zero-order valence-electron chi connectivity index (χ0n) is 11.9.